The summed E-state index contributed by atoms with van der Waals surface area (Å²) in [5, 5.41) is 3.62. The Balaban J connectivity index is 2.42. The zero-order valence-electron chi connectivity index (χ0n) is 8.39. The van der Waals surface area contributed by atoms with Gasteiger partial charge >= 0.3 is 0 Å². The molecule has 0 saturated carbocycles. The van der Waals surface area contributed by atoms with E-state index in [1.54, 1.807) is 12.1 Å². The summed E-state index contributed by atoms with van der Waals surface area (Å²) in [5.74, 6) is 0.756. The first-order valence-electron chi connectivity index (χ1n) is 4.89. The van der Waals surface area contributed by atoms with Crippen molar-refractivity contribution in [1.29, 1.82) is 0 Å². The number of rotatable bonds is 5. The summed E-state index contributed by atoms with van der Waals surface area (Å²) in [6, 6.07) is 3.43. The van der Waals surface area contributed by atoms with Gasteiger partial charge in [0.15, 0.2) is 0 Å². The highest BCUT2D eigenvalue weighted by Gasteiger charge is 1.97. The van der Waals surface area contributed by atoms with E-state index in [4.69, 9.17) is 17.3 Å². The molecule has 0 aromatic carbocycles. The highest BCUT2D eigenvalue weighted by atomic mass is 35.5. The van der Waals surface area contributed by atoms with Crippen molar-refractivity contribution in [3.05, 3.63) is 17.3 Å². The SMILES string of the molecule is CCCCCNc1cc(N)cc(Cl)n1. The molecular weight excluding hydrogens is 198 g/mol. The average molecular weight is 214 g/mol. The van der Waals surface area contributed by atoms with Gasteiger partial charge in [-0.2, -0.15) is 0 Å². The van der Waals surface area contributed by atoms with Gasteiger partial charge in [0.2, 0.25) is 0 Å². The van der Waals surface area contributed by atoms with E-state index in [-0.39, 0.29) is 0 Å². The van der Waals surface area contributed by atoms with E-state index >= 15 is 0 Å². The largest absolute Gasteiger partial charge is 0.399 e. The number of hydrogen-bond donors (Lipinski definition) is 2. The summed E-state index contributed by atoms with van der Waals surface area (Å²) in [4.78, 5) is 4.11. The van der Waals surface area contributed by atoms with Crippen LogP contribution < -0.4 is 11.1 Å². The molecular formula is C10H16ClN3. The number of unbranched alkanes of at least 4 members (excludes halogenated alkanes) is 2. The van der Waals surface area contributed by atoms with Crippen molar-refractivity contribution in [3.8, 4) is 0 Å². The van der Waals surface area contributed by atoms with Crippen molar-refractivity contribution in [1.82, 2.24) is 4.98 Å². The Morgan fingerprint density at radius 1 is 1.43 bits per heavy atom. The fraction of sp³-hybridized carbons (Fsp3) is 0.500. The van der Waals surface area contributed by atoms with Crippen LogP contribution in [0.25, 0.3) is 0 Å². The Morgan fingerprint density at radius 3 is 2.86 bits per heavy atom. The molecule has 0 amide bonds. The Hall–Kier alpha value is -0.960. The van der Waals surface area contributed by atoms with Crippen molar-refractivity contribution in [2.24, 2.45) is 0 Å². The lowest BCUT2D eigenvalue weighted by atomic mass is 10.2. The van der Waals surface area contributed by atoms with Crippen LogP contribution >= 0.6 is 11.6 Å². The Bertz CT molecular complexity index is 268. The van der Waals surface area contributed by atoms with Gasteiger partial charge in [-0.05, 0) is 12.5 Å². The maximum Gasteiger partial charge on any atom is 0.133 e. The molecule has 78 valence electrons. The minimum absolute atomic E-state index is 0.433. The molecule has 0 fully saturated rings. The number of anilines is 2. The van der Waals surface area contributed by atoms with E-state index in [9.17, 15) is 0 Å². The molecule has 1 aromatic heterocycles. The molecule has 0 unspecified atom stereocenters. The number of aromatic nitrogens is 1. The Kier molecular flexibility index (Phi) is 4.53. The number of halogens is 1. The van der Waals surface area contributed by atoms with Crippen molar-refractivity contribution in [2.45, 2.75) is 26.2 Å². The van der Waals surface area contributed by atoms with Crippen molar-refractivity contribution in [2.75, 3.05) is 17.6 Å². The normalized spacial score (nSPS) is 10.1. The lowest BCUT2D eigenvalue weighted by Crippen LogP contribution is -2.03. The molecule has 4 heteroatoms. The second-order valence-corrected chi connectivity index (χ2v) is 3.63. The van der Waals surface area contributed by atoms with E-state index in [2.05, 4.69) is 17.2 Å². The second-order valence-electron chi connectivity index (χ2n) is 3.24. The Labute approximate surface area is 89.7 Å². The van der Waals surface area contributed by atoms with Crippen molar-refractivity contribution in [3.63, 3.8) is 0 Å². The molecule has 3 N–H and O–H groups in total. The summed E-state index contributed by atoms with van der Waals surface area (Å²) in [7, 11) is 0. The summed E-state index contributed by atoms with van der Waals surface area (Å²) in [6.45, 7) is 3.09. The number of nitrogens with two attached hydrogens (primary N) is 1. The molecule has 1 aromatic rings. The van der Waals surface area contributed by atoms with Gasteiger partial charge in [-0.15, -0.1) is 0 Å². The quantitative estimate of drug-likeness (QED) is 0.584. The van der Waals surface area contributed by atoms with E-state index in [1.807, 2.05) is 0 Å². The molecule has 0 radical (unpaired) electrons. The van der Waals surface area contributed by atoms with E-state index in [0.29, 0.717) is 10.8 Å². The van der Waals surface area contributed by atoms with Crippen LogP contribution in [0.5, 0.6) is 0 Å². The van der Waals surface area contributed by atoms with Gasteiger partial charge in [-0.1, -0.05) is 31.4 Å². The highest BCUT2D eigenvalue weighted by molar-refractivity contribution is 6.29. The van der Waals surface area contributed by atoms with Crippen LogP contribution in [0.3, 0.4) is 0 Å². The molecule has 0 bridgehead atoms. The number of nitrogens with zero attached hydrogens (tertiary/aromatic N) is 1. The smallest absolute Gasteiger partial charge is 0.133 e. The molecule has 0 aliphatic carbocycles. The van der Waals surface area contributed by atoms with Gasteiger partial charge < -0.3 is 11.1 Å². The topological polar surface area (TPSA) is 50.9 Å². The van der Waals surface area contributed by atoms with Gasteiger partial charge in [0, 0.05) is 18.3 Å². The molecule has 3 nitrogen and oxygen atoms in total. The number of hydrogen-bond acceptors (Lipinski definition) is 3. The monoisotopic (exact) mass is 213 g/mol. The molecule has 0 spiro atoms. The van der Waals surface area contributed by atoms with Crippen LogP contribution in [-0.2, 0) is 0 Å². The third-order valence-corrected chi connectivity index (χ3v) is 2.10. The fourth-order valence-electron chi connectivity index (χ4n) is 1.20. The maximum atomic E-state index is 5.76. The second kappa shape index (κ2) is 5.70. The summed E-state index contributed by atoms with van der Waals surface area (Å²) in [6.07, 6.45) is 3.58. The minimum atomic E-state index is 0.433. The zero-order chi connectivity index (χ0) is 10.4. The molecule has 1 rings (SSSR count). The standard InChI is InChI=1S/C10H16ClN3/c1-2-3-4-5-13-10-7-8(12)6-9(11)14-10/h6-7H,2-5H2,1H3,(H3,12,13,14). The van der Waals surface area contributed by atoms with Crippen LogP contribution in [0, 0.1) is 0 Å². The third-order valence-electron chi connectivity index (χ3n) is 1.90. The predicted octanol–water partition coefficient (Wildman–Crippen LogP) is 2.92. The first kappa shape index (κ1) is 11.1. The van der Waals surface area contributed by atoms with E-state index in [1.165, 1.54) is 12.8 Å². The average Bonchev–Trinajstić information content (AvgIpc) is 2.11. The first-order valence-corrected chi connectivity index (χ1v) is 5.27. The zero-order valence-corrected chi connectivity index (χ0v) is 9.14. The van der Waals surface area contributed by atoms with E-state index in [0.717, 1.165) is 18.8 Å². The fourth-order valence-corrected chi connectivity index (χ4v) is 1.42. The molecule has 0 atom stereocenters. The first-order chi connectivity index (χ1) is 6.72. The predicted molar refractivity (Wildman–Crippen MR) is 61.7 cm³/mol. The van der Waals surface area contributed by atoms with Gasteiger partial charge in [0.05, 0.1) is 0 Å². The highest BCUT2D eigenvalue weighted by Crippen LogP contribution is 2.15. The lowest BCUT2D eigenvalue weighted by Gasteiger charge is -2.05. The van der Waals surface area contributed by atoms with Gasteiger partial charge in [-0.25, -0.2) is 4.98 Å². The third kappa shape index (κ3) is 3.83. The number of nitrogen functional groups attached to an aromatic ring is 1. The molecule has 0 aliphatic rings. The van der Waals surface area contributed by atoms with Gasteiger partial charge in [0.1, 0.15) is 11.0 Å². The lowest BCUT2D eigenvalue weighted by molar-refractivity contribution is 0.742. The summed E-state index contributed by atoms with van der Waals surface area (Å²) >= 11 is 5.76. The van der Waals surface area contributed by atoms with Crippen molar-refractivity contribution >= 4 is 23.1 Å². The van der Waals surface area contributed by atoms with Gasteiger partial charge in [-0.3, -0.25) is 0 Å². The van der Waals surface area contributed by atoms with Crippen LogP contribution in [0.15, 0.2) is 12.1 Å². The van der Waals surface area contributed by atoms with Crippen LogP contribution in [0.1, 0.15) is 26.2 Å². The van der Waals surface area contributed by atoms with Gasteiger partial charge in [0.25, 0.3) is 0 Å². The molecule has 1 heterocycles. The van der Waals surface area contributed by atoms with E-state index < -0.39 is 0 Å². The molecule has 0 aliphatic heterocycles. The van der Waals surface area contributed by atoms with Crippen LogP contribution in [0.4, 0.5) is 11.5 Å². The van der Waals surface area contributed by atoms with Crippen LogP contribution in [0.2, 0.25) is 5.15 Å². The minimum Gasteiger partial charge on any atom is -0.399 e. The van der Waals surface area contributed by atoms with Crippen molar-refractivity contribution < 1.29 is 0 Å². The number of nitrogens with one attached hydrogen (secondary N) is 1. The molecule has 0 saturated heterocycles. The molecule has 14 heavy (non-hydrogen) atoms. The summed E-state index contributed by atoms with van der Waals surface area (Å²) in [5.41, 5.74) is 6.27. The maximum absolute atomic E-state index is 5.76. The summed E-state index contributed by atoms with van der Waals surface area (Å²) < 4.78 is 0. The number of pyridine rings is 1. The van der Waals surface area contributed by atoms with Crippen LogP contribution in [-0.4, -0.2) is 11.5 Å². The Morgan fingerprint density at radius 2 is 2.21 bits per heavy atom.